The number of carbonyl (C=O) groups is 2. The van der Waals surface area contributed by atoms with Crippen LogP contribution in [0.2, 0.25) is 0 Å². The highest BCUT2D eigenvalue weighted by Crippen LogP contribution is 2.64. The standard InChI is InChI=1S/C23H28BrFN2O2/c1-15-2-3-18(9-19(15)25)20(28)26-4-6-27(7-5-26)21(29)22-10-16-8-17(11-22)13-23(24,12-16)14-22/h2-3,9,16-17H,4-8,10-14H2,1H3. The lowest BCUT2D eigenvalue weighted by atomic mass is 9.49. The zero-order chi connectivity index (χ0) is 20.4. The van der Waals surface area contributed by atoms with Crippen LogP contribution in [0.5, 0.6) is 0 Å². The number of alkyl halides is 1. The number of benzene rings is 1. The minimum absolute atomic E-state index is 0.148. The van der Waals surface area contributed by atoms with Gasteiger partial charge < -0.3 is 9.80 Å². The van der Waals surface area contributed by atoms with E-state index < -0.39 is 0 Å². The fraction of sp³-hybridized carbons (Fsp3) is 0.652. The minimum atomic E-state index is -0.352. The molecule has 2 atom stereocenters. The van der Waals surface area contributed by atoms with Gasteiger partial charge in [-0.15, -0.1) is 0 Å². The molecule has 0 spiro atoms. The van der Waals surface area contributed by atoms with Gasteiger partial charge in [-0.05, 0) is 75.0 Å². The van der Waals surface area contributed by atoms with Gasteiger partial charge in [0.1, 0.15) is 5.82 Å². The maximum Gasteiger partial charge on any atom is 0.254 e. The first-order valence-electron chi connectivity index (χ1n) is 10.8. The van der Waals surface area contributed by atoms with E-state index in [1.54, 1.807) is 24.0 Å². The second-order valence-electron chi connectivity index (χ2n) is 9.94. The van der Waals surface area contributed by atoms with E-state index in [4.69, 9.17) is 0 Å². The molecule has 4 bridgehead atoms. The molecular weight excluding hydrogens is 435 g/mol. The number of amides is 2. The molecule has 156 valence electrons. The monoisotopic (exact) mass is 462 g/mol. The van der Waals surface area contributed by atoms with Crippen LogP contribution in [0.1, 0.15) is 54.4 Å². The molecule has 5 fully saturated rings. The normalized spacial score (nSPS) is 35.8. The molecule has 0 radical (unpaired) electrons. The Balaban J connectivity index is 1.25. The van der Waals surface area contributed by atoms with E-state index in [9.17, 15) is 14.0 Å². The van der Waals surface area contributed by atoms with Crippen molar-refractivity contribution in [3.63, 3.8) is 0 Å². The number of piperazine rings is 1. The minimum Gasteiger partial charge on any atom is -0.339 e. The second kappa shape index (κ2) is 6.79. The van der Waals surface area contributed by atoms with Crippen molar-refractivity contribution in [1.29, 1.82) is 0 Å². The molecule has 1 aliphatic heterocycles. The van der Waals surface area contributed by atoms with E-state index in [0.717, 1.165) is 19.3 Å². The summed E-state index contributed by atoms with van der Waals surface area (Å²) in [6.45, 7) is 3.87. The van der Waals surface area contributed by atoms with Crippen molar-refractivity contribution in [2.75, 3.05) is 26.2 Å². The smallest absolute Gasteiger partial charge is 0.254 e. The number of nitrogens with zero attached hydrogens (tertiary/aromatic N) is 2. The third-order valence-corrected chi connectivity index (χ3v) is 8.64. The lowest BCUT2D eigenvalue weighted by molar-refractivity contribution is -0.157. The highest BCUT2D eigenvalue weighted by Gasteiger charge is 2.60. The molecule has 2 unspecified atom stereocenters. The van der Waals surface area contributed by atoms with Crippen molar-refractivity contribution in [3.8, 4) is 0 Å². The van der Waals surface area contributed by atoms with Gasteiger partial charge in [0.05, 0.1) is 5.41 Å². The molecule has 4 aliphatic carbocycles. The molecule has 2 amide bonds. The van der Waals surface area contributed by atoms with E-state index in [0.29, 0.717) is 55.0 Å². The van der Waals surface area contributed by atoms with Crippen LogP contribution in [0.15, 0.2) is 18.2 Å². The van der Waals surface area contributed by atoms with Crippen LogP contribution in [0.3, 0.4) is 0 Å². The first kappa shape index (κ1) is 19.5. The van der Waals surface area contributed by atoms with Crippen LogP contribution in [0, 0.1) is 30.0 Å². The Labute approximate surface area is 179 Å². The van der Waals surface area contributed by atoms with Crippen LogP contribution >= 0.6 is 15.9 Å². The third kappa shape index (κ3) is 3.31. The van der Waals surface area contributed by atoms with E-state index in [2.05, 4.69) is 15.9 Å². The Morgan fingerprint density at radius 2 is 1.66 bits per heavy atom. The van der Waals surface area contributed by atoms with Crippen LogP contribution in [0.4, 0.5) is 4.39 Å². The summed E-state index contributed by atoms with van der Waals surface area (Å²) in [6, 6.07) is 4.65. The van der Waals surface area contributed by atoms with Gasteiger partial charge in [0.2, 0.25) is 5.91 Å². The largest absolute Gasteiger partial charge is 0.339 e. The molecule has 5 aliphatic rings. The molecule has 4 nitrogen and oxygen atoms in total. The number of hydrogen-bond donors (Lipinski definition) is 0. The predicted octanol–water partition coefficient (Wildman–Crippen LogP) is 4.15. The van der Waals surface area contributed by atoms with Gasteiger partial charge in [-0.2, -0.15) is 0 Å². The molecule has 1 heterocycles. The van der Waals surface area contributed by atoms with Crippen LogP contribution < -0.4 is 0 Å². The van der Waals surface area contributed by atoms with Crippen LogP contribution in [-0.4, -0.2) is 52.1 Å². The van der Waals surface area contributed by atoms with Crippen molar-refractivity contribution in [2.24, 2.45) is 17.3 Å². The quantitative estimate of drug-likeness (QED) is 0.619. The predicted molar refractivity (Wildman–Crippen MR) is 112 cm³/mol. The molecule has 0 aromatic heterocycles. The van der Waals surface area contributed by atoms with Crippen molar-refractivity contribution < 1.29 is 14.0 Å². The van der Waals surface area contributed by atoms with Crippen molar-refractivity contribution in [2.45, 2.75) is 49.8 Å². The number of hydrogen-bond acceptors (Lipinski definition) is 2. The van der Waals surface area contributed by atoms with E-state index in [1.165, 1.54) is 25.3 Å². The molecule has 4 saturated carbocycles. The fourth-order valence-corrected chi connectivity index (χ4v) is 8.21. The molecule has 0 N–H and O–H groups in total. The van der Waals surface area contributed by atoms with Gasteiger partial charge in [0, 0.05) is 36.1 Å². The third-order valence-electron chi connectivity index (χ3n) is 7.72. The summed E-state index contributed by atoms with van der Waals surface area (Å²) in [5.74, 6) is 1.17. The SMILES string of the molecule is Cc1ccc(C(=O)N2CCN(C(=O)C34CC5CC(CC(Br)(C5)C3)C4)CC2)cc1F. The van der Waals surface area contributed by atoms with Crippen LogP contribution in [-0.2, 0) is 4.79 Å². The molecule has 6 rings (SSSR count). The lowest BCUT2D eigenvalue weighted by Gasteiger charge is -2.60. The summed E-state index contributed by atoms with van der Waals surface area (Å²) in [4.78, 5) is 30.1. The Kier molecular flexibility index (Phi) is 4.57. The number of carbonyl (C=O) groups excluding carboxylic acids is 2. The molecule has 1 aromatic rings. The average molecular weight is 463 g/mol. The maximum absolute atomic E-state index is 13.8. The zero-order valence-electron chi connectivity index (χ0n) is 16.9. The second-order valence-corrected chi connectivity index (χ2v) is 11.6. The Bertz CT molecular complexity index is 850. The zero-order valence-corrected chi connectivity index (χ0v) is 18.5. The van der Waals surface area contributed by atoms with Gasteiger partial charge in [0.25, 0.3) is 5.91 Å². The fourth-order valence-electron chi connectivity index (χ4n) is 6.76. The van der Waals surface area contributed by atoms with Gasteiger partial charge in [-0.1, -0.05) is 22.0 Å². The Hall–Kier alpha value is -1.43. The Morgan fingerprint density at radius 3 is 2.24 bits per heavy atom. The van der Waals surface area contributed by atoms with Gasteiger partial charge >= 0.3 is 0 Å². The summed E-state index contributed by atoms with van der Waals surface area (Å²) in [7, 11) is 0. The van der Waals surface area contributed by atoms with Gasteiger partial charge in [0.15, 0.2) is 0 Å². The number of rotatable bonds is 2. The molecule has 29 heavy (non-hydrogen) atoms. The average Bonchev–Trinajstić information content (AvgIpc) is 2.67. The van der Waals surface area contributed by atoms with E-state index in [1.807, 2.05) is 4.90 Å². The lowest BCUT2D eigenvalue weighted by Crippen LogP contribution is -2.61. The molecule has 1 aromatic carbocycles. The van der Waals surface area contributed by atoms with Crippen LogP contribution in [0.25, 0.3) is 0 Å². The van der Waals surface area contributed by atoms with Crippen molar-refractivity contribution in [3.05, 3.63) is 35.1 Å². The first-order valence-corrected chi connectivity index (χ1v) is 11.6. The molecule has 1 saturated heterocycles. The summed E-state index contributed by atoms with van der Waals surface area (Å²) >= 11 is 4.00. The highest BCUT2D eigenvalue weighted by atomic mass is 79.9. The summed E-state index contributed by atoms with van der Waals surface area (Å²) in [5.41, 5.74) is 0.729. The highest BCUT2D eigenvalue weighted by molar-refractivity contribution is 9.10. The van der Waals surface area contributed by atoms with Crippen molar-refractivity contribution in [1.82, 2.24) is 9.80 Å². The number of aryl methyl sites for hydroxylation is 1. The van der Waals surface area contributed by atoms with E-state index >= 15 is 0 Å². The maximum atomic E-state index is 13.8. The summed E-state index contributed by atoms with van der Waals surface area (Å²) in [6.07, 6.45) is 6.77. The van der Waals surface area contributed by atoms with Gasteiger partial charge in [-0.25, -0.2) is 4.39 Å². The molecular formula is C23H28BrFN2O2. The molecule has 6 heteroatoms. The Morgan fingerprint density at radius 1 is 1.03 bits per heavy atom. The first-order chi connectivity index (χ1) is 13.8. The summed E-state index contributed by atoms with van der Waals surface area (Å²) < 4.78 is 14.0. The summed E-state index contributed by atoms with van der Waals surface area (Å²) in [5, 5.41) is 0. The van der Waals surface area contributed by atoms with Crippen molar-refractivity contribution >= 4 is 27.7 Å². The van der Waals surface area contributed by atoms with E-state index in [-0.39, 0.29) is 21.5 Å². The van der Waals surface area contributed by atoms with Gasteiger partial charge in [-0.3, -0.25) is 9.59 Å². The topological polar surface area (TPSA) is 40.6 Å². The number of halogens is 2.